The van der Waals surface area contributed by atoms with E-state index in [1.165, 1.54) is 0 Å². The van der Waals surface area contributed by atoms with Crippen LogP contribution < -0.4 is 10.1 Å². The van der Waals surface area contributed by atoms with E-state index in [2.05, 4.69) is 15.3 Å². The number of nitrogens with one attached hydrogen (secondary N) is 1. The van der Waals surface area contributed by atoms with Crippen molar-refractivity contribution in [1.82, 2.24) is 9.97 Å². The van der Waals surface area contributed by atoms with Crippen molar-refractivity contribution in [3.63, 3.8) is 0 Å². The quantitative estimate of drug-likeness (QED) is 0.654. The normalized spacial score (nSPS) is 9.94. The first-order chi connectivity index (χ1) is 8.34. The lowest BCUT2D eigenvalue weighted by molar-refractivity contribution is 0.333. The molecule has 1 aromatic carbocycles. The molecular weight excluding hydrogens is 238 g/mol. The molecule has 0 aliphatic rings. The zero-order chi connectivity index (χ0) is 11.9. The van der Waals surface area contributed by atoms with E-state index in [0.29, 0.717) is 19.0 Å². The molecule has 1 heterocycles. The summed E-state index contributed by atoms with van der Waals surface area (Å²) in [6, 6.07) is 11.4. The van der Waals surface area contributed by atoms with Crippen LogP contribution in [0.3, 0.4) is 0 Å². The van der Waals surface area contributed by atoms with E-state index in [9.17, 15) is 0 Å². The van der Waals surface area contributed by atoms with Crippen LogP contribution in [0.5, 0.6) is 5.75 Å². The van der Waals surface area contributed by atoms with E-state index >= 15 is 0 Å². The van der Waals surface area contributed by atoms with Gasteiger partial charge in [0.2, 0.25) is 5.28 Å². The summed E-state index contributed by atoms with van der Waals surface area (Å²) in [4.78, 5) is 7.80. The molecule has 0 radical (unpaired) electrons. The molecular formula is C12H12ClN3O. The van der Waals surface area contributed by atoms with Gasteiger partial charge < -0.3 is 10.1 Å². The molecule has 0 bridgehead atoms. The minimum atomic E-state index is 0.235. The first-order valence-corrected chi connectivity index (χ1v) is 5.63. The average molecular weight is 250 g/mol. The topological polar surface area (TPSA) is 47.0 Å². The van der Waals surface area contributed by atoms with Gasteiger partial charge in [-0.25, -0.2) is 9.97 Å². The minimum absolute atomic E-state index is 0.235. The molecule has 0 atom stereocenters. The Kier molecular flexibility index (Phi) is 4.16. The highest BCUT2D eigenvalue weighted by atomic mass is 35.5. The number of rotatable bonds is 5. The van der Waals surface area contributed by atoms with Crippen molar-refractivity contribution in [2.75, 3.05) is 18.5 Å². The number of para-hydroxylation sites is 1. The van der Waals surface area contributed by atoms with Gasteiger partial charge in [-0.15, -0.1) is 0 Å². The number of halogens is 1. The largest absolute Gasteiger partial charge is 0.492 e. The molecule has 0 saturated heterocycles. The summed E-state index contributed by atoms with van der Waals surface area (Å²) in [5, 5.41) is 3.33. The third-order valence-corrected chi connectivity index (χ3v) is 2.23. The van der Waals surface area contributed by atoms with Gasteiger partial charge in [-0.3, -0.25) is 0 Å². The summed E-state index contributed by atoms with van der Waals surface area (Å²) in [5.41, 5.74) is 0. The fourth-order valence-electron chi connectivity index (χ4n) is 1.30. The molecule has 1 N–H and O–H groups in total. The van der Waals surface area contributed by atoms with Crippen LogP contribution in [0.2, 0.25) is 5.28 Å². The molecule has 1 aromatic heterocycles. The molecule has 5 heteroatoms. The van der Waals surface area contributed by atoms with Crippen LogP contribution in [0.1, 0.15) is 0 Å². The van der Waals surface area contributed by atoms with Gasteiger partial charge in [-0.05, 0) is 29.8 Å². The van der Waals surface area contributed by atoms with Gasteiger partial charge in [0.25, 0.3) is 0 Å². The van der Waals surface area contributed by atoms with Crippen LogP contribution in [-0.4, -0.2) is 23.1 Å². The zero-order valence-corrected chi connectivity index (χ0v) is 9.89. The van der Waals surface area contributed by atoms with Crippen LogP contribution in [0, 0.1) is 0 Å². The maximum absolute atomic E-state index is 5.66. The Balaban J connectivity index is 1.73. The Labute approximate surface area is 105 Å². The van der Waals surface area contributed by atoms with Crippen molar-refractivity contribution >= 4 is 17.4 Å². The average Bonchev–Trinajstić information content (AvgIpc) is 2.36. The van der Waals surface area contributed by atoms with Crippen molar-refractivity contribution in [2.24, 2.45) is 0 Å². The van der Waals surface area contributed by atoms with Crippen LogP contribution >= 0.6 is 11.6 Å². The molecule has 0 fully saturated rings. The number of benzene rings is 1. The molecule has 0 unspecified atom stereocenters. The third kappa shape index (κ3) is 3.92. The second-order valence-electron chi connectivity index (χ2n) is 3.30. The molecule has 0 aliphatic heterocycles. The lowest BCUT2D eigenvalue weighted by Crippen LogP contribution is -2.12. The van der Waals surface area contributed by atoms with Crippen LogP contribution in [0.4, 0.5) is 5.82 Å². The van der Waals surface area contributed by atoms with Crippen LogP contribution in [0.15, 0.2) is 42.6 Å². The lowest BCUT2D eigenvalue weighted by Gasteiger charge is -2.07. The van der Waals surface area contributed by atoms with Gasteiger partial charge in [0.15, 0.2) is 0 Å². The molecule has 2 rings (SSSR count). The maximum Gasteiger partial charge on any atom is 0.224 e. The van der Waals surface area contributed by atoms with Gasteiger partial charge in [-0.2, -0.15) is 0 Å². The van der Waals surface area contributed by atoms with Gasteiger partial charge in [0.05, 0.1) is 6.54 Å². The summed E-state index contributed by atoms with van der Waals surface area (Å²) in [7, 11) is 0. The van der Waals surface area contributed by atoms with Crippen LogP contribution in [-0.2, 0) is 0 Å². The third-order valence-electron chi connectivity index (χ3n) is 2.05. The number of anilines is 1. The fourth-order valence-corrected chi connectivity index (χ4v) is 1.45. The second kappa shape index (κ2) is 6.06. The van der Waals surface area contributed by atoms with Crippen molar-refractivity contribution in [3.8, 4) is 5.75 Å². The molecule has 0 aliphatic carbocycles. The Hall–Kier alpha value is -1.81. The van der Waals surface area contributed by atoms with E-state index in [4.69, 9.17) is 16.3 Å². The number of hydrogen-bond donors (Lipinski definition) is 1. The number of nitrogens with zero attached hydrogens (tertiary/aromatic N) is 2. The second-order valence-corrected chi connectivity index (χ2v) is 3.64. The van der Waals surface area contributed by atoms with Gasteiger partial charge in [0, 0.05) is 6.20 Å². The number of hydrogen-bond acceptors (Lipinski definition) is 4. The van der Waals surface area contributed by atoms with Gasteiger partial charge in [-0.1, -0.05) is 18.2 Å². The predicted octanol–water partition coefficient (Wildman–Crippen LogP) is 2.62. The van der Waals surface area contributed by atoms with E-state index in [1.807, 2.05) is 30.3 Å². The van der Waals surface area contributed by atoms with E-state index < -0.39 is 0 Å². The number of aromatic nitrogens is 2. The fraction of sp³-hybridized carbons (Fsp3) is 0.167. The highest BCUT2D eigenvalue weighted by molar-refractivity contribution is 6.28. The van der Waals surface area contributed by atoms with Gasteiger partial charge in [0.1, 0.15) is 18.2 Å². The standard InChI is InChI=1S/C12H12ClN3O/c13-12-15-7-6-11(16-12)14-8-9-17-10-4-2-1-3-5-10/h1-7H,8-9H2,(H,14,15,16). The van der Waals surface area contributed by atoms with E-state index in [0.717, 1.165) is 5.75 Å². The summed E-state index contributed by atoms with van der Waals surface area (Å²) in [5.74, 6) is 1.55. The van der Waals surface area contributed by atoms with E-state index in [1.54, 1.807) is 12.3 Å². The lowest BCUT2D eigenvalue weighted by atomic mass is 10.3. The molecule has 0 saturated carbocycles. The molecule has 0 amide bonds. The van der Waals surface area contributed by atoms with Crippen molar-refractivity contribution < 1.29 is 4.74 Å². The molecule has 0 spiro atoms. The monoisotopic (exact) mass is 249 g/mol. The predicted molar refractivity (Wildman–Crippen MR) is 67.5 cm³/mol. The summed E-state index contributed by atoms with van der Waals surface area (Å²) >= 11 is 5.66. The molecule has 2 aromatic rings. The van der Waals surface area contributed by atoms with Crippen molar-refractivity contribution in [2.45, 2.75) is 0 Å². The van der Waals surface area contributed by atoms with Crippen LogP contribution in [0.25, 0.3) is 0 Å². The first-order valence-electron chi connectivity index (χ1n) is 5.25. The Morgan fingerprint density at radius 2 is 2.00 bits per heavy atom. The number of ether oxygens (including phenoxy) is 1. The Bertz CT molecular complexity index is 464. The molecule has 4 nitrogen and oxygen atoms in total. The molecule has 17 heavy (non-hydrogen) atoms. The van der Waals surface area contributed by atoms with Crippen molar-refractivity contribution in [1.29, 1.82) is 0 Å². The zero-order valence-electron chi connectivity index (χ0n) is 9.14. The van der Waals surface area contributed by atoms with Crippen molar-refractivity contribution in [3.05, 3.63) is 47.9 Å². The molecule has 88 valence electrons. The summed E-state index contributed by atoms with van der Waals surface area (Å²) < 4.78 is 5.52. The summed E-state index contributed by atoms with van der Waals surface area (Å²) in [6.45, 7) is 1.22. The highest BCUT2D eigenvalue weighted by Crippen LogP contribution is 2.08. The minimum Gasteiger partial charge on any atom is -0.492 e. The van der Waals surface area contributed by atoms with Gasteiger partial charge >= 0.3 is 0 Å². The Morgan fingerprint density at radius 1 is 1.18 bits per heavy atom. The SMILES string of the molecule is Clc1nccc(NCCOc2ccccc2)n1. The summed E-state index contributed by atoms with van der Waals surface area (Å²) in [6.07, 6.45) is 1.61. The highest BCUT2D eigenvalue weighted by Gasteiger charge is 1.96. The smallest absolute Gasteiger partial charge is 0.224 e. The first kappa shape index (κ1) is 11.7. The maximum atomic E-state index is 5.66. The Morgan fingerprint density at radius 3 is 2.76 bits per heavy atom. The van der Waals surface area contributed by atoms with E-state index in [-0.39, 0.29) is 5.28 Å².